The maximum Gasteiger partial charge on any atom is 0.338 e. The van der Waals surface area contributed by atoms with E-state index in [2.05, 4.69) is 4.98 Å². The average Bonchev–Trinajstić information content (AvgIpc) is 3.44. The van der Waals surface area contributed by atoms with Crippen LogP contribution in [0.15, 0.2) is 59.6 Å². The number of hydrogen-bond acceptors (Lipinski definition) is 5. The monoisotopic (exact) mass is 426 g/mol. The zero-order valence-corrected chi connectivity index (χ0v) is 17.3. The molecule has 4 rings (SSSR count). The Morgan fingerprint density at radius 3 is 2.57 bits per heavy atom. The molecular weight excluding hydrogens is 404 g/mol. The Morgan fingerprint density at radius 2 is 1.80 bits per heavy atom. The normalized spacial score (nSPS) is 15.9. The van der Waals surface area contributed by atoms with Gasteiger partial charge in [-0.1, -0.05) is 24.3 Å². The van der Waals surface area contributed by atoms with Crippen LogP contribution in [0.4, 0.5) is 0 Å². The lowest BCUT2D eigenvalue weighted by molar-refractivity contribution is 0.0319. The highest BCUT2D eigenvalue weighted by molar-refractivity contribution is 7.89. The number of benzene rings is 2. The maximum atomic E-state index is 12.8. The quantitative estimate of drug-likeness (QED) is 0.481. The van der Waals surface area contributed by atoms with Crippen LogP contribution in [0, 0.1) is 0 Å². The number of rotatable bonds is 6. The smallest absolute Gasteiger partial charge is 0.338 e. The van der Waals surface area contributed by atoms with E-state index in [4.69, 9.17) is 4.74 Å². The van der Waals surface area contributed by atoms with Gasteiger partial charge in [-0.15, -0.1) is 0 Å². The summed E-state index contributed by atoms with van der Waals surface area (Å²) in [4.78, 5) is 28.5. The third kappa shape index (κ3) is 3.76. The molecule has 1 aromatic heterocycles. The molecule has 2 aromatic carbocycles. The number of aromatic amines is 1. The zero-order valence-electron chi connectivity index (χ0n) is 16.5. The highest BCUT2D eigenvalue weighted by Gasteiger charge is 2.28. The van der Waals surface area contributed by atoms with Crippen molar-refractivity contribution in [1.29, 1.82) is 0 Å². The molecule has 8 heteroatoms. The summed E-state index contributed by atoms with van der Waals surface area (Å²) < 4.78 is 32.2. The number of Topliss-reactive ketones (excluding diaryl/α,β-unsaturated/α-hetero) is 1. The number of sulfonamides is 1. The van der Waals surface area contributed by atoms with Gasteiger partial charge in [-0.25, -0.2) is 13.2 Å². The summed E-state index contributed by atoms with van der Waals surface area (Å²) in [6, 6.07) is 13.1. The van der Waals surface area contributed by atoms with Gasteiger partial charge in [0.05, 0.1) is 10.5 Å². The number of H-pyrrole nitrogens is 1. The van der Waals surface area contributed by atoms with Crippen molar-refractivity contribution in [3.8, 4) is 0 Å². The zero-order chi connectivity index (χ0) is 21.3. The van der Waals surface area contributed by atoms with Crippen LogP contribution in [-0.2, 0) is 14.8 Å². The van der Waals surface area contributed by atoms with E-state index in [0.29, 0.717) is 18.7 Å². The molecule has 156 valence electrons. The molecule has 1 fully saturated rings. The largest absolute Gasteiger partial charge is 0.451 e. The van der Waals surface area contributed by atoms with Crippen molar-refractivity contribution in [2.45, 2.75) is 30.8 Å². The molecule has 1 atom stereocenters. The van der Waals surface area contributed by atoms with Gasteiger partial charge in [0.1, 0.15) is 0 Å². The van der Waals surface area contributed by atoms with E-state index in [1.54, 1.807) is 6.20 Å². The minimum atomic E-state index is -3.64. The van der Waals surface area contributed by atoms with Crippen molar-refractivity contribution in [1.82, 2.24) is 9.29 Å². The topological polar surface area (TPSA) is 96.5 Å². The molecule has 1 aliphatic heterocycles. The van der Waals surface area contributed by atoms with Gasteiger partial charge in [0.2, 0.25) is 15.8 Å². The molecule has 0 spiro atoms. The lowest BCUT2D eigenvalue weighted by Crippen LogP contribution is -2.28. The SMILES string of the molecule is CC(OC(=O)c1cccc(S(=O)(=O)N2CCCC2)c1)C(=O)c1c[nH]c2ccccc12. The molecule has 0 aliphatic carbocycles. The van der Waals surface area contributed by atoms with Crippen LogP contribution in [0.2, 0.25) is 0 Å². The van der Waals surface area contributed by atoms with Crippen molar-refractivity contribution in [3.05, 3.63) is 65.9 Å². The summed E-state index contributed by atoms with van der Waals surface area (Å²) in [5, 5.41) is 0.754. The number of hydrogen-bond donors (Lipinski definition) is 1. The second-order valence-corrected chi connectivity index (χ2v) is 9.24. The summed E-state index contributed by atoms with van der Waals surface area (Å²) in [6.07, 6.45) is 2.24. The molecule has 0 bridgehead atoms. The molecule has 1 saturated heterocycles. The number of esters is 1. The molecule has 7 nitrogen and oxygen atoms in total. The number of ether oxygens (including phenoxy) is 1. The second kappa shape index (κ2) is 8.04. The van der Waals surface area contributed by atoms with Crippen molar-refractivity contribution in [3.63, 3.8) is 0 Å². The van der Waals surface area contributed by atoms with Crippen LogP contribution in [0.1, 0.15) is 40.5 Å². The highest BCUT2D eigenvalue weighted by atomic mass is 32.2. The first-order chi connectivity index (χ1) is 14.4. The number of nitrogens with zero attached hydrogens (tertiary/aromatic N) is 1. The van der Waals surface area contributed by atoms with Crippen molar-refractivity contribution in [2.75, 3.05) is 13.1 Å². The van der Waals surface area contributed by atoms with E-state index >= 15 is 0 Å². The minimum Gasteiger partial charge on any atom is -0.451 e. The lowest BCUT2D eigenvalue weighted by Gasteiger charge is -2.16. The first-order valence-corrected chi connectivity index (χ1v) is 11.2. The Kier molecular flexibility index (Phi) is 5.44. The van der Waals surface area contributed by atoms with Crippen LogP contribution in [-0.4, -0.2) is 48.7 Å². The highest BCUT2D eigenvalue weighted by Crippen LogP contribution is 2.23. The molecule has 0 radical (unpaired) electrons. The van der Waals surface area contributed by atoms with E-state index in [0.717, 1.165) is 23.7 Å². The standard InChI is InChI=1S/C22H22N2O5S/c1-15(21(25)19-14-23-20-10-3-2-9-18(19)20)29-22(26)16-7-6-8-17(13-16)30(27,28)24-11-4-5-12-24/h2-3,6-10,13-15,23H,4-5,11-12H2,1H3. The summed E-state index contributed by atoms with van der Waals surface area (Å²) in [5.74, 6) is -1.07. The Hall–Kier alpha value is -2.97. The number of ketones is 1. The fourth-order valence-electron chi connectivity index (χ4n) is 3.64. The van der Waals surface area contributed by atoms with Gasteiger partial charge in [-0.3, -0.25) is 4.79 Å². The fraction of sp³-hybridized carbons (Fsp3) is 0.273. The van der Waals surface area contributed by atoms with Gasteiger partial charge in [0, 0.05) is 35.8 Å². The first-order valence-electron chi connectivity index (χ1n) is 9.79. The number of carbonyl (C=O) groups excluding carboxylic acids is 2. The maximum absolute atomic E-state index is 12.8. The number of para-hydroxylation sites is 1. The number of carbonyl (C=O) groups is 2. The Labute approximate surface area is 174 Å². The van der Waals surface area contributed by atoms with Gasteiger partial charge in [-0.05, 0) is 44.0 Å². The Morgan fingerprint density at radius 1 is 1.07 bits per heavy atom. The van der Waals surface area contributed by atoms with Crippen LogP contribution in [0.5, 0.6) is 0 Å². The molecule has 2 heterocycles. The van der Waals surface area contributed by atoms with Crippen LogP contribution in [0.25, 0.3) is 10.9 Å². The molecule has 1 unspecified atom stereocenters. The van der Waals surface area contributed by atoms with Crippen LogP contribution >= 0.6 is 0 Å². The molecule has 1 N–H and O–H groups in total. The predicted molar refractivity (Wildman–Crippen MR) is 112 cm³/mol. The Bertz CT molecular complexity index is 1210. The molecule has 3 aromatic rings. The van der Waals surface area contributed by atoms with E-state index in [1.165, 1.54) is 35.5 Å². The summed E-state index contributed by atoms with van der Waals surface area (Å²) in [5.41, 5.74) is 1.35. The summed E-state index contributed by atoms with van der Waals surface area (Å²) in [7, 11) is -3.64. The molecule has 1 aliphatic rings. The lowest BCUT2D eigenvalue weighted by atomic mass is 10.1. The average molecular weight is 426 g/mol. The van der Waals surface area contributed by atoms with Crippen LogP contribution in [0.3, 0.4) is 0 Å². The Balaban J connectivity index is 1.52. The fourth-order valence-corrected chi connectivity index (χ4v) is 5.20. The number of aromatic nitrogens is 1. The van der Waals surface area contributed by atoms with Gasteiger partial charge in [0.25, 0.3) is 0 Å². The van der Waals surface area contributed by atoms with Crippen molar-refractivity contribution in [2.24, 2.45) is 0 Å². The van der Waals surface area contributed by atoms with Gasteiger partial charge >= 0.3 is 5.97 Å². The third-order valence-corrected chi connectivity index (χ3v) is 7.17. The number of fused-ring (bicyclic) bond motifs is 1. The third-order valence-electron chi connectivity index (χ3n) is 5.28. The summed E-state index contributed by atoms with van der Waals surface area (Å²) >= 11 is 0. The molecular formula is C22H22N2O5S. The molecule has 0 amide bonds. The molecule has 0 saturated carbocycles. The van der Waals surface area contributed by atoms with E-state index < -0.39 is 22.1 Å². The van der Waals surface area contributed by atoms with E-state index in [1.807, 2.05) is 24.3 Å². The van der Waals surface area contributed by atoms with Crippen molar-refractivity contribution < 1.29 is 22.7 Å². The first kappa shape index (κ1) is 20.3. The summed E-state index contributed by atoms with van der Waals surface area (Å²) in [6.45, 7) is 2.47. The van der Waals surface area contributed by atoms with Gasteiger partial charge in [-0.2, -0.15) is 4.31 Å². The van der Waals surface area contributed by atoms with Crippen LogP contribution < -0.4 is 0 Å². The van der Waals surface area contributed by atoms with Crippen molar-refractivity contribution >= 4 is 32.7 Å². The molecule has 30 heavy (non-hydrogen) atoms. The number of nitrogens with one attached hydrogen (secondary N) is 1. The second-order valence-electron chi connectivity index (χ2n) is 7.30. The van der Waals surface area contributed by atoms with E-state index in [9.17, 15) is 18.0 Å². The van der Waals surface area contributed by atoms with E-state index in [-0.39, 0.29) is 16.2 Å². The minimum absolute atomic E-state index is 0.0504. The predicted octanol–water partition coefficient (Wildman–Crippen LogP) is 3.38. The van der Waals surface area contributed by atoms with Gasteiger partial charge in [0.15, 0.2) is 6.10 Å². The van der Waals surface area contributed by atoms with Gasteiger partial charge < -0.3 is 9.72 Å².